The Morgan fingerprint density at radius 2 is 2.03 bits per heavy atom. The van der Waals surface area contributed by atoms with E-state index in [4.69, 9.17) is 16.0 Å². The van der Waals surface area contributed by atoms with Crippen molar-refractivity contribution in [2.45, 2.75) is 24.9 Å². The second-order valence-electron chi connectivity index (χ2n) is 8.06. The van der Waals surface area contributed by atoms with Crippen LogP contribution in [-0.2, 0) is 4.79 Å². The van der Waals surface area contributed by atoms with Gasteiger partial charge in [-0.05, 0) is 61.4 Å². The lowest BCUT2D eigenvalue weighted by atomic mass is 9.95. The molecule has 2 N–H and O–H groups in total. The van der Waals surface area contributed by atoms with Gasteiger partial charge in [-0.2, -0.15) is 0 Å². The number of halogens is 2. The second-order valence-corrected chi connectivity index (χ2v) is 8.47. The van der Waals surface area contributed by atoms with Gasteiger partial charge in [-0.25, -0.2) is 4.39 Å². The van der Waals surface area contributed by atoms with Crippen molar-refractivity contribution in [1.29, 1.82) is 0 Å². The Bertz CT molecular complexity index is 1260. The molecule has 2 unspecified atom stereocenters. The number of carbonyl (C=O) groups excluding carboxylic acids is 3. The molecule has 2 aliphatic rings. The quantitative estimate of drug-likeness (QED) is 0.606. The smallest absolute Gasteiger partial charge is 0.256 e. The van der Waals surface area contributed by atoms with E-state index in [0.29, 0.717) is 30.0 Å². The lowest BCUT2D eigenvalue weighted by Gasteiger charge is -2.37. The first-order chi connectivity index (χ1) is 15.9. The molecular weight excluding hydrogens is 449 g/mol. The second kappa shape index (κ2) is 8.37. The largest absolute Gasteiger partial charge is 0.464 e. The summed E-state index contributed by atoms with van der Waals surface area (Å²) in [6.07, 6.45) is 2.29. The van der Waals surface area contributed by atoms with Crippen LogP contribution >= 0.6 is 11.6 Å². The van der Waals surface area contributed by atoms with E-state index in [1.54, 1.807) is 41.5 Å². The first-order valence-electron chi connectivity index (χ1n) is 10.5. The molecule has 7 nitrogen and oxygen atoms in total. The molecule has 0 aliphatic carbocycles. The predicted molar refractivity (Wildman–Crippen MR) is 119 cm³/mol. The summed E-state index contributed by atoms with van der Waals surface area (Å²) in [6, 6.07) is 11.4. The van der Waals surface area contributed by atoms with Crippen molar-refractivity contribution in [3.8, 4) is 11.3 Å². The highest BCUT2D eigenvalue weighted by Crippen LogP contribution is 2.32. The molecule has 1 aromatic heterocycles. The lowest BCUT2D eigenvalue weighted by molar-refractivity contribution is -0.121. The molecule has 2 atom stereocenters. The number of rotatable bonds is 3. The van der Waals surface area contributed by atoms with E-state index in [0.717, 1.165) is 11.6 Å². The van der Waals surface area contributed by atoms with Crippen LogP contribution in [0.5, 0.6) is 0 Å². The zero-order valence-corrected chi connectivity index (χ0v) is 18.1. The van der Waals surface area contributed by atoms with Gasteiger partial charge in [0.15, 0.2) is 0 Å². The average Bonchev–Trinajstić information content (AvgIpc) is 3.32. The summed E-state index contributed by atoms with van der Waals surface area (Å²) in [6.45, 7) is 0.302. The van der Waals surface area contributed by atoms with Gasteiger partial charge >= 0.3 is 0 Å². The third-order valence-electron chi connectivity index (χ3n) is 6.00. The zero-order valence-electron chi connectivity index (χ0n) is 17.3. The number of amides is 3. The van der Waals surface area contributed by atoms with E-state index >= 15 is 0 Å². The molecular formula is C24H19ClFN3O4. The lowest BCUT2D eigenvalue weighted by Crippen LogP contribution is -2.55. The van der Waals surface area contributed by atoms with Crippen molar-refractivity contribution in [3.05, 3.63) is 76.8 Å². The van der Waals surface area contributed by atoms with E-state index < -0.39 is 17.8 Å². The van der Waals surface area contributed by atoms with Crippen molar-refractivity contribution in [2.24, 2.45) is 0 Å². The van der Waals surface area contributed by atoms with Crippen molar-refractivity contribution < 1.29 is 23.2 Å². The monoisotopic (exact) mass is 467 g/mol. The fourth-order valence-electron chi connectivity index (χ4n) is 4.29. The molecule has 1 fully saturated rings. The first kappa shape index (κ1) is 21.2. The van der Waals surface area contributed by atoms with Gasteiger partial charge in [0.1, 0.15) is 17.6 Å². The fourth-order valence-corrected chi connectivity index (χ4v) is 4.47. The van der Waals surface area contributed by atoms with E-state index in [1.165, 1.54) is 12.1 Å². The number of carbonyl (C=O) groups is 3. The van der Waals surface area contributed by atoms with Crippen LogP contribution < -0.4 is 10.6 Å². The van der Waals surface area contributed by atoms with Crippen molar-refractivity contribution in [3.63, 3.8) is 0 Å². The molecule has 168 valence electrons. The van der Waals surface area contributed by atoms with Crippen LogP contribution in [0, 0.1) is 5.82 Å². The number of hydrogen-bond acceptors (Lipinski definition) is 4. The highest BCUT2D eigenvalue weighted by molar-refractivity contribution is 6.31. The summed E-state index contributed by atoms with van der Waals surface area (Å²) >= 11 is 5.78. The van der Waals surface area contributed by atoms with Crippen LogP contribution in [0.1, 0.15) is 33.6 Å². The summed E-state index contributed by atoms with van der Waals surface area (Å²) in [5.41, 5.74) is 1.79. The van der Waals surface area contributed by atoms with Gasteiger partial charge in [0.05, 0.1) is 22.5 Å². The van der Waals surface area contributed by atoms with Gasteiger partial charge in [-0.15, -0.1) is 0 Å². The average molecular weight is 468 g/mol. The van der Waals surface area contributed by atoms with Gasteiger partial charge in [0.25, 0.3) is 11.8 Å². The maximum atomic E-state index is 13.4. The Balaban J connectivity index is 1.35. The molecule has 0 radical (unpaired) electrons. The number of furan rings is 1. The molecule has 0 spiro atoms. The number of hydrogen-bond donors (Lipinski definition) is 2. The Labute approximate surface area is 193 Å². The minimum Gasteiger partial charge on any atom is -0.464 e. The van der Waals surface area contributed by atoms with Gasteiger partial charge in [-0.1, -0.05) is 11.6 Å². The molecule has 2 aromatic carbocycles. The van der Waals surface area contributed by atoms with Crippen molar-refractivity contribution in [1.82, 2.24) is 10.2 Å². The van der Waals surface area contributed by atoms with Crippen LogP contribution in [0.2, 0.25) is 5.02 Å². The topological polar surface area (TPSA) is 91.7 Å². The summed E-state index contributed by atoms with van der Waals surface area (Å²) < 4.78 is 18.8. The van der Waals surface area contributed by atoms with E-state index in [2.05, 4.69) is 10.6 Å². The maximum absolute atomic E-state index is 13.4. The predicted octanol–water partition coefficient (Wildman–Crippen LogP) is 4.09. The minimum atomic E-state index is -0.729. The summed E-state index contributed by atoms with van der Waals surface area (Å²) in [4.78, 5) is 40.4. The minimum absolute atomic E-state index is 0.141. The number of benzene rings is 2. The third kappa shape index (κ3) is 3.98. The highest BCUT2D eigenvalue weighted by Gasteiger charge is 2.40. The van der Waals surface area contributed by atoms with Crippen LogP contribution in [-0.4, -0.2) is 41.2 Å². The van der Waals surface area contributed by atoms with Crippen LogP contribution in [0.15, 0.2) is 59.2 Å². The molecule has 1 saturated heterocycles. The van der Waals surface area contributed by atoms with Crippen LogP contribution in [0.3, 0.4) is 0 Å². The Kier molecular flexibility index (Phi) is 5.38. The molecule has 2 aliphatic heterocycles. The number of piperidine rings is 1. The van der Waals surface area contributed by atoms with Crippen LogP contribution in [0.4, 0.5) is 10.1 Å². The summed E-state index contributed by atoms with van der Waals surface area (Å²) in [5, 5.41) is 5.57. The fraction of sp³-hybridized carbons (Fsp3) is 0.208. The van der Waals surface area contributed by atoms with E-state index in [1.807, 2.05) is 0 Å². The van der Waals surface area contributed by atoms with Crippen molar-refractivity contribution in [2.75, 3.05) is 11.9 Å². The standard InChI is InChI=1S/C24H19ClFN3O4/c25-17-11-14(3-5-18(17)26)22(30)27-15-7-8-29-20(12-15)23(31)28-19-6-4-13(10-16(19)24(29)32)21-2-1-9-33-21/h1-6,9-11,15,20H,7-8,12H2,(H,27,30)(H,28,31). The van der Waals surface area contributed by atoms with Gasteiger partial charge in [-0.3, -0.25) is 14.4 Å². The SMILES string of the molecule is O=C(NC1CCN2C(=O)c3cc(-c4ccco4)ccc3NC(=O)C2C1)c1ccc(F)c(Cl)c1. The molecule has 0 bridgehead atoms. The van der Waals surface area contributed by atoms with Gasteiger partial charge < -0.3 is 20.0 Å². The molecule has 0 saturated carbocycles. The van der Waals surface area contributed by atoms with E-state index in [-0.39, 0.29) is 34.9 Å². The number of anilines is 1. The number of nitrogens with zero attached hydrogens (tertiary/aromatic N) is 1. The molecule has 3 heterocycles. The first-order valence-corrected chi connectivity index (χ1v) is 10.8. The van der Waals surface area contributed by atoms with Crippen molar-refractivity contribution >= 4 is 35.0 Å². The molecule has 3 amide bonds. The number of fused-ring (bicyclic) bond motifs is 2. The summed E-state index contributed by atoms with van der Waals surface area (Å²) in [5.74, 6) is -0.958. The van der Waals surface area contributed by atoms with Gasteiger partial charge in [0.2, 0.25) is 5.91 Å². The Hall–Kier alpha value is -3.65. The van der Waals surface area contributed by atoms with Crippen LogP contribution in [0.25, 0.3) is 11.3 Å². The third-order valence-corrected chi connectivity index (χ3v) is 6.29. The highest BCUT2D eigenvalue weighted by atomic mass is 35.5. The van der Waals surface area contributed by atoms with E-state index in [9.17, 15) is 18.8 Å². The molecule has 33 heavy (non-hydrogen) atoms. The maximum Gasteiger partial charge on any atom is 0.256 e. The molecule has 9 heteroatoms. The van der Waals surface area contributed by atoms with Gasteiger partial charge in [0, 0.05) is 23.7 Å². The zero-order chi connectivity index (χ0) is 23.1. The molecule has 5 rings (SSSR count). The summed E-state index contributed by atoms with van der Waals surface area (Å²) in [7, 11) is 0. The Morgan fingerprint density at radius 3 is 2.79 bits per heavy atom. The molecule has 3 aromatic rings. The normalized spacial score (nSPS) is 19.9. The Morgan fingerprint density at radius 1 is 1.18 bits per heavy atom. The number of nitrogens with one attached hydrogen (secondary N) is 2.